The van der Waals surface area contributed by atoms with Crippen LogP contribution in [0.15, 0.2) is 11.0 Å². The molecule has 1 aliphatic rings. The summed E-state index contributed by atoms with van der Waals surface area (Å²) in [4.78, 5) is 28.5. The second-order valence-corrected chi connectivity index (χ2v) is 3.13. The minimum Gasteiger partial charge on any atom is -0.334 e. The smallest absolute Gasteiger partial charge is 0.323 e. The number of rotatable bonds is 1. The van der Waals surface area contributed by atoms with Crippen molar-refractivity contribution in [2.45, 2.75) is 6.04 Å². The average molecular weight is 182 g/mol. The molecule has 13 heavy (non-hydrogen) atoms. The number of carbonyl (C=O) groups excluding carboxylic acids is 1. The number of aromatic nitrogens is 2. The third-order valence-corrected chi connectivity index (χ3v) is 2.02. The van der Waals surface area contributed by atoms with E-state index in [1.54, 1.807) is 4.90 Å². The number of nitrogens with one attached hydrogen (secondary N) is 2. The van der Waals surface area contributed by atoms with Gasteiger partial charge in [-0.15, -0.1) is 0 Å². The predicted molar refractivity (Wildman–Crippen MR) is 45.3 cm³/mol. The first-order valence-electron chi connectivity index (χ1n) is 3.99. The van der Waals surface area contributed by atoms with E-state index in [-0.39, 0.29) is 23.3 Å². The molecule has 6 nitrogen and oxygen atoms in total. The summed E-state index contributed by atoms with van der Waals surface area (Å²) in [6.07, 6.45) is 1.37. The molecule has 2 rings (SSSR count). The SMILES string of the molecule is NC1CN(C(=O)c2c[nH]c(=O)[nH]2)C1. The van der Waals surface area contributed by atoms with E-state index in [0.717, 1.165) is 0 Å². The Kier molecular flexibility index (Phi) is 1.70. The molecule has 1 aromatic heterocycles. The molecule has 1 saturated heterocycles. The van der Waals surface area contributed by atoms with Gasteiger partial charge in [-0.1, -0.05) is 0 Å². The highest BCUT2D eigenvalue weighted by Crippen LogP contribution is 2.08. The van der Waals surface area contributed by atoms with Crippen molar-refractivity contribution in [3.63, 3.8) is 0 Å². The van der Waals surface area contributed by atoms with E-state index in [1.807, 2.05) is 0 Å². The molecule has 0 unspecified atom stereocenters. The highest BCUT2D eigenvalue weighted by Gasteiger charge is 2.28. The van der Waals surface area contributed by atoms with E-state index in [4.69, 9.17) is 5.73 Å². The van der Waals surface area contributed by atoms with Gasteiger partial charge in [0.25, 0.3) is 5.91 Å². The highest BCUT2D eigenvalue weighted by molar-refractivity contribution is 5.92. The maximum atomic E-state index is 11.5. The molecule has 0 bridgehead atoms. The lowest BCUT2D eigenvalue weighted by atomic mass is 10.1. The topological polar surface area (TPSA) is 95.0 Å². The molecular formula is C7H10N4O2. The number of hydrogen-bond acceptors (Lipinski definition) is 3. The average Bonchev–Trinajstić information content (AvgIpc) is 2.45. The number of amides is 1. The van der Waals surface area contributed by atoms with Gasteiger partial charge in [-0.2, -0.15) is 0 Å². The summed E-state index contributed by atoms with van der Waals surface area (Å²) < 4.78 is 0. The highest BCUT2D eigenvalue weighted by atomic mass is 16.2. The van der Waals surface area contributed by atoms with Crippen molar-refractivity contribution < 1.29 is 4.79 Å². The molecule has 1 fully saturated rings. The summed E-state index contributed by atoms with van der Waals surface area (Å²) in [5.41, 5.74) is 5.44. The van der Waals surface area contributed by atoms with Crippen LogP contribution in [0.5, 0.6) is 0 Å². The minimum atomic E-state index is -0.367. The monoisotopic (exact) mass is 182 g/mol. The molecule has 1 amide bonds. The zero-order valence-corrected chi connectivity index (χ0v) is 6.91. The fraction of sp³-hybridized carbons (Fsp3) is 0.429. The fourth-order valence-corrected chi connectivity index (χ4v) is 1.30. The van der Waals surface area contributed by atoms with E-state index in [0.29, 0.717) is 13.1 Å². The third kappa shape index (κ3) is 1.35. The molecule has 0 spiro atoms. The predicted octanol–water partition coefficient (Wildman–Crippen LogP) is -1.51. The summed E-state index contributed by atoms with van der Waals surface area (Å²) in [5, 5.41) is 0. The van der Waals surface area contributed by atoms with Crippen LogP contribution in [0.3, 0.4) is 0 Å². The second-order valence-electron chi connectivity index (χ2n) is 3.13. The van der Waals surface area contributed by atoms with Crippen LogP contribution in [0.2, 0.25) is 0 Å². The maximum absolute atomic E-state index is 11.5. The summed E-state index contributed by atoms with van der Waals surface area (Å²) in [6.45, 7) is 1.12. The first kappa shape index (κ1) is 8.06. The van der Waals surface area contributed by atoms with E-state index < -0.39 is 0 Å². The van der Waals surface area contributed by atoms with Crippen molar-refractivity contribution in [2.24, 2.45) is 5.73 Å². The first-order chi connectivity index (χ1) is 6.16. The van der Waals surface area contributed by atoms with Crippen molar-refractivity contribution in [1.29, 1.82) is 0 Å². The minimum absolute atomic E-state index is 0.0783. The molecule has 4 N–H and O–H groups in total. The van der Waals surface area contributed by atoms with Crippen molar-refractivity contribution in [3.05, 3.63) is 22.4 Å². The van der Waals surface area contributed by atoms with Gasteiger partial charge in [0.15, 0.2) is 0 Å². The number of nitrogens with two attached hydrogens (primary N) is 1. The van der Waals surface area contributed by atoms with E-state index in [9.17, 15) is 9.59 Å². The van der Waals surface area contributed by atoms with Gasteiger partial charge in [0.1, 0.15) is 5.69 Å². The van der Waals surface area contributed by atoms with Crippen LogP contribution in [0, 0.1) is 0 Å². The molecule has 2 heterocycles. The molecule has 0 aliphatic carbocycles. The number of aromatic amines is 2. The Balaban J connectivity index is 2.10. The van der Waals surface area contributed by atoms with Gasteiger partial charge in [-0.05, 0) is 0 Å². The molecule has 0 radical (unpaired) electrons. The summed E-state index contributed by atoms with van der Waals surface area (Å²) in [5.74, 6) is -0.181. The Bertz CT molecular complexity index is 374. The Hall–Kier alpha value is -1.56. The number of nitrogens with zero attached hydrogens (tertiary/aromatic N) is 1. The van der Waals surface area contributed by atoms with Crippen LogP contribution in [-0.2, 0) is 0 Å². The largest absolute Gasteiger partial charge is 0.334 e. The van der Waals surface area contributed by atoms with Gasteiger partial charge in [0.2, 0.25) is 0 Å². The van der Waals surface area contributed by atoms with Gasteiger partial charge in [-0.3, -0.25) is 4.79 Å². The number of likely N-dealkylation sites (tertiary alicyclic amines) is 1. The van der Waals surface area contributed by atoms with Gasteiger partial charge < -0.3 is 20.6 Å². The lowest BCUT2D eigenvalue weighted by molar-refractivity contribution is 0.0602. The molecule has 0 saturated carbocycles. The number of carbonyl (C=O) groups is 1. The quantitative estimate of drug-likeness (QED) is 0.492. The normalized spacial score (nSPS) is 17.2. The maximum Gasteiger partial charge on any atom is 0.323 e. The van der Waals surface area contributed by atoms with Crippen LogP contribution in [-0.4, -0.2) is 39.9 Å². The Labute approximate surface area is 73.7 Å². The van der Waals surface area contributed by atoms with Crippen LogP contribution in [0.25, 0.3) is 0 Å². The van der Waals surface area contributed by atoms with Crippen LogP contribution < -0.4 is 11.4 Å². The van der Waals surface area contributed by atoms with Gasteiger partial charge >= 0.3 is 5.69 Å². The van der Waals surface area contributed by atoms with Crippen molar-refractivity contribution in [1.82, 2.24) is 14.9 Å². The Morgan fingerprint density at radius 1 is 1.62 bits per heavy atom. The first-order valence-corrected chi connectivity index (χ1v) is 3.99. The lowest BCUT2D eigenvalue weighted by Gasteiger charge is -2.36. The van der Waals surface area contributed by atoms with Crippen LogP contribution in [0.4, 0.5) is 0 Å². The molecule has 0 atom stereocenters. The summed E-state index contributed by atoms with van der Waals surface area (Å²) in [7, 11) is 0. The number of hydrogen-bond donors (Lipinski definition) is 3. The molecule has 1 aliphatic heterocycles. The standard InChI is InChI=1S/C7H10N4O2/c8-4-2-11(3-4)6(12)5-1-9-7(13)10-5/h1,4H,2-3,8H2,(H2,9,10,13). The summed E-state index contributed by atoms with van der Waals surface area (Å²) >= 11 is 0. The molecule has 1 aromatic rings. The van der Waals surface area contributed by atoms with E-state index in [1.165, 1.54) is 6.20 Å². The number of H-pyrrole nitrogens is 2. The van der Waals surface area contributed by atoms with Gasteiger partial charge in [0, 0.05) is 25.3 Å². The van der Waals surface area contributed by atoms with Crippen molar-refractivity contribution in [2.75, 3.05) is 13.1 Å². The van der Waals surface area contributed by atoms with Gasteiger partial charge in [0.05, 0.1) is 0 Å². The summed E-state index contributed by atoms with van der Waals surface area (Å²) in [6, 6.07) is 0.0783. The fourth-order valence-electron chi connectivity index (χ4n) is 1.30. The molecule has 6 heteroatoms. The van der Waals surface area contributed by atoms with E-state index in [2.05, 4.69) is 9.97 Å². The van der Waals surface area contributed by atoms with Crippen molar-refractivity contribution in [3.8, 4) is 0 Å². The van der Waals surface area contributed by atoms with Crippen LogP contribution >= 0.6 is 0 Å². The van der Waals surface area contributed by atoms with Crippen molar-refractivity contribution >= 4 is 5.91 Å². The zero-order chi connectivity index (χ0) is 9.42. The zero-order valence-electron chi connectivity index (χ0n) is 6.91. The Morgan fingerprint density at radius 2 is 2.31 bits per heavy atom. The molecular weight excluding hydrogens is 172 g/mol. The van der Waals surface area contributed by atoms with Crippen LogP contribution in [0.1, 0.15) is 10.5 Å². The third-order valence-electron chi connectivity index (χ3n) is 2.02. The van der Waals surface area contributed by atoms with Gasteiger partial charge in [-0.25, -0.2) is 4.79 Å². The Morgan fingerprint density at radius 3 is 2.77 bits per heavy atom. The second kappa shape index (κ2) is 2.74. The van der Waals surface area contributed by atoms with E-state index >= 15 is 0 Å². The lowest BCUT2D eigenvalue weighted by Crippen LogP contribution is -2.57. The molecule has 0 aromatic carbocycles. The number of imidazole rings is 1. The molecule has 70 valence electrons.